The number of benzene rings is 1. The maximum Gasteiger partial charge on any atom is 0.147 e. The summed E-state index contributed by atoms with van der Waals surface area (Å²) >= 11 is 1.65. The molecule has 0 fully saturated rings. The monoisotopic (exact) mass is 247 g/mol. The Hall–Kier alpha value is -1.26. The molecule has 0 saturated heterocycles. The number of aryl methyl sites for hydroxylation is 1. The fourth-order valence-electron chi connectivity index (χ4n) is 1.53. The minimum atomic E-state index is 0.260. The quantitative estimate of drug-likeness (QED) is 0.902. The van der Waals surface area contributed by atoms with E-state index in [0.29, 0.717) is 0 Å². The van der Waals surface area contributed by atoms with Crippen LogP contribution in [0.2, 0.25) is 0 Å². The summed E-state index contributed by atoms with van der Waals surface area (Å²) in [4.78, 5) is 0. The van der Waals surface area contributed by atoms with Gasteiger partial charge in [-0.1, -0.05) is 42.5 Å². The molecule has 1 N–H and O–H groups in total. The van der Waals surface area contributed by atoms with E-state index in [1.165, 1.54) is 5.56 Å². The zero-order valence-corrected chi connectivity index (χ0v) is 11.2. The minimum absolute atomic E-state index is 0.260. The predicted octanol–water partition coefficient (Wildman–Crippen LogP) is 3.05. The molecule has 1 heterocycles. The van der Waals surface area contributed by atoms with Crippen molar-refractivity contribution < 1.29 is 0 Å². The average molecular weight is 247 g/mol. The van der Waals surface area contributed by atoms with Gasteiger partial charge in [-0.3, -0.25) is 0 Å². The summed E-state index contributed by atoms with van der Waals surface area (Å²) in [6, 6.07) is 8.80. The van der Waals surface area contributed by atoms with Gasteiger partial charge in [0, 0.05) is 5.56 Å². The second-order valence-corrected chi connectivity index (χ2v) is 5.02. The summed E-state index contributed by atoms with van der Waals surface area (Å²) in [5.41, 5.74) is 2.50. The first kappa shape index (κ1) is 12.2. The maximum absolute atomic E-state index is 4.24. The van der Waals surface area contributed by atoms with Crippen molar-refractivity contribution in [1.29, 1.82) is 0 Å². The van der Waals surface area contributed by atoms with E-state index in [-0.39, 0.29) is 6.04 Å². The Bertz CT molecular complexity index is 476. The lowest BCUT2D eigenvalue weighted by atomic mass is 10.1. The van der Waals surface area contributed by atoms with Crippen LogP contribution in [0.15, 0.2) is 24.3 Å². The predicted molar refractivity (Wildman–Crippen MR) is 72.2 cm³/mol. The minimum Gasteiger partial charge on any atom is -0.311 e. The summed E-state index contributed by atoms with van der Waals surface area (Å²) < 4.78 is 0. The van der Waals surface area contributed by atoms with E-state index < -0.39 is 0 Å². The van der Waals surface area contributed by atoms with Crippen molar-refractivity contribution in [3.63, 3.8) is 0 Å². The standard InChI is InChI=1S/C13H17N3S/c1-4-10-5-7-11(8-6-10)13-16-15-12(17-13)9(2)14-3/h5-9,14H,4H2,1-3H3. The molecule has 0 aliphatic carbocycles. The van der Waals surface area contributed by atoms with Crippen molar-refractivity contribution in [3.8, 4) is 10.6 Å². The molecular weight excluding hydrogens is 230 g/mol. The zero-order valence-electron chi connectivity index (χ0n) is 10.4. The van der Waals surface area contributed by atoms with Crippen LogP contribution in [0.4, 0.5) is 0 Å². The first-order valence-electron chi connectivity index (χ1n) is 5.84. The van der Waals surface area contributed by atoms with Crippen LogP contribution in [0.3, 0.4) is 0 Å². The van der Waals surface area contributed by atoms with Gasteiger partial charge in [0.15, 0.2) is 0 Å². The molecule has 0 amide bonds. The Balaban J connectivity index is 2.24. The highest BCUT2D eigenvalue weighted by molar-refractivity contribution is 7.14. The third-order valence-corrected chi connectivity index (χ3v) is 4.01. The molecule has 2 rings (SSSR count). The fourth-order valence-corrected chi connectivity index (χ4v) is 2.44. The normalized spacial score (nSPS) is 12.6. The number of nitrogens with one attached hydrogen (secondary N) is 1. The van der Waals surface area contributed by atoms with E-state index in [0.717, 1.165) is 22.0 Å². The number of rotatable bonds is 4. The highest BCUT2D eigenvalue weighted by atomic mass is 32.1. The lowest BCUT2D eigenvalue weighted by molar-refractivity contribution is 0.640. The van der Waals surface area contributed by atoms with Gasteiger partial charge in [0.2, 0.25) is 0 Å². The Kier molecular flexibility index (Phi) is 3.86. The Labute approximate surface area is 106 Å². The van der Waals surface area contributed by atoms with Crippen LogP contribution in [0, 0.1) is 0 Å². The van der Waals surface area contributed by atoms with E-state index in [1.54, 1.807) is 11.3 Å². The molecule has 1 atom stereocenters. The van der Waals surface area contributed by atoms with Gasteiger partial charge in [-0.25, -0.2) is 0 Å². The smallest absolute Gasteiger partial charge is 0.147 e. The van der Waals surface area contributed by atoms with Crippen LogP contribution < -0.4 is 5.32 Å². The van der Waals surface area contributed by atoms with Gasteiger partial charge in [-0.15, -0.1) is 10.2 Å². The highest BCUT2D eigenvalue weighted by Gasteiger charge is 2.10. The molecule has 4 heteroatoms. The van der Waals surface area contributed by atoms with Crippen molar-refractivity contribution in [2.75, 3.05) is 7.05 Å². The first-order chi connectivity index (χ1) is 8.24. The average Bonchev–Trinajstić information content (AvgIpc) is 2.87. The second-order valence-electron chi connectivity index (χ2n) is 4.01. The third-order valence-electron chi connectivity index (χ3n) is 2.85. The molecular formula is C13H17N3S. The molecule has 90 valence electrons. The Morgan fingerprint density at radius 3 is 2.53 bits per heavy atom. The van der Waals surface area contributed by atoms with Crippen LogP contribution in [-0.4, -0.2) is 17.2 Å². The number of aromatic nitrogens is 2. The molecule has 0 aliphatic rings. The van der Waals surface area contributed by atoms with Crippen LogP contribution >= 0.6 is 11.3 Å². The van der Waals surface area contributed by atoms with Gasteiger partial charge in [0.25, 0.3) is 0 Å². The SMILES string of the molecule is CCc1ccc(-c2nnc(C(C)NC)s2)cc1. The summed E-state index contributed by atoms with van der Waals surface area (Å²) in [5.74, 6) is 0. The fraction of sp³-hybridized carbons (Fsp3) is 0.385. The van der Waals surface area contributed by atoms with Crippen molar-refractivity contribution >= 4 is 11.3 Å². The topological polar surface area (TPSA) is 37.8 Å². The summed E-state index contributed by atoms with van der Waals surface area (Å²) in [6.45, 7) is 4.25. The molecule has 17 heavy (non-hydrogen) atoms. The lowest BCUT2D eigenvalue weighted by Gasteiger charge is -2.03. The van der Waals surface area contributed by atoms with E-state index in [9.17, 15) is 0 Å². The number of hydrogen-bond acceptors (Lipinski definition) is 4. The van der Waals surface area contributed by atoms with E-state index in [1.807, 2.05) is 7.05 Å². The van der Waals surface area contributed by atoms with Gasteiger partial charge < -0.3 is 5.32 Å². The van der Waals surface area contributed by atoms with Crippen LogP contribution in [0.1, 0.15) is 30.5 Å². The zero-order chi connectivity index (χ0) is 12.3. The maximum atomic E-state index is 4.24. The van der Waals surface area contributed by atoms with Crippen molar-refractivity contribution in [3.05, 3.63) is 34.8 Å². The highest BCUT2D eigenvalue weighted by Crippen LogP contribution is 2.26. The summed E-state index contributed by atoms with van der Waals surface area (Å²) in [6.07, 6.45) is 1.07. The van der Waals surface area contributed by atoms with Crippen LogP contribution in [0.25, 0.3) is 10.6 Å². The molecule has 3 nitrogen and oxygen atoms in total. The van der Waals surface area contributed by atoms with Crippen molar-refractivity contribution in [2.24, 2.45) is 0 Å². The van der Waals surface area contributed by atoms with Gasteiger partial charge >= 0.3 is 0 Å². The molecule has 0 bridgehead atoms. The Morgan fingerprint density at radius 1 is 1.24 bits per heavy atom. The molecule has 1 aromatic carbocycles. The molecule has 0 spiro atoms. The van der Waals surface area contributed by atoms with E-state index >= 15 is 0 Å². The molecule has 0 saturated carbocycles. The van der Waals surface area contributed by atoms with Gasteiger partial charge in [0.05, 0.1) is 6.04 Å². The molecule has 0 aliphatic heterocycles. The van der Waals surface area contributed by atoms with Crippen molar-refractivity contribution in [1.82, 2.24) is 15.5 Å². The molecule has 1 aromatic heterocycles. The molecule has 0 radical (unpaired) electrons. The van der Waals surface area contributed by atoms with Crippen LogP contribution in [0.5, 0.6) is 0 Å². The molecule has 1 unspecified atom stereocenters. The van der Waals surface area contributed by atoms with E-state index in [2.05, 4.69) is 53.6 Å². The lowest BCUT2D eigenvalue weighted by Crippen LogP contribution is -2.11. The first-order valence-corrected chi connectivity index (χ1v) is 6.66. The summed E-state index contributed by atoms with van der Waals surface area (Å²) in [5, 5.41) is 13.6. The second kappa shape index (κ2) is 5.38. The van der Waals surface area contributed by atoms with E-state index in [4.69, 9.17) is 0 Å². The number of hydrogen-bond donors (Lipinski definition) is 1. The Morgan fingerprint density at radius 2 is 1.94 bits per heavy atom. The third kappa shape index (κ3) is 2.70. The van der Waals surface area contributed by atoms with Crippen LogP contribution in [-0.2, 0) is 6.42 Å². The summed E-state index contributed by atoms with van der Waals surface area (Å²) in [7, 11) is 1.93. The van der Waals surface area contributed by atoms with Gasteiger partial charge in [0.1, 0.15) is 10.0 Å². The van der Waals surface area contributed by atoms with Crippen molar-refractivity contribution in [2.45, 2.75) is 26.3 Å². The largest absolute Gasteiger partial charge is 0.311 e. The van der Waals surface area contributed by atoms with Gasteiger partial charge in [-0.2, -0.15) is 0 Å². The number of nitrogens with zero attached hydrogens (tertiary/aromatic N) is 2. The van der Waals surface area contributed by atoms with Gasteiger partial charge in [-0.05, 0) is 26.0 Å². The molecule has 2 aromatic rings.